The van der Waals surface area contributed by atoms with Crippen molar-refractivity contribution >= 4 is 0 Å². The molecule has 15 heavy (non-hydrogen) atoms. The Balaban J connectivity index is 1.85. The highest BCUT2D eigenvalue weighted by Gasteiger charge is 2.27. The van der Waals surface area contributed by atoms with E-state index >= 15 is 0 Å². The van der Waals surface area contributed by atoms with Gasteiger partial charge in [-0.25, -0.2) is 0 Å². The smallest absolute Gasteiger partial charge is 0.0993 e. The van der Waals surface area contributed by atoms with Crippen LogP contribution in [0.2, 0.25) is 0 Å². The van der Waals surface area contributed by atoms with E-state index < -0.39 is 0 Å². The molecule has 0 spiro atoms. The van der Waals surface area contributed by atoms with Crippen LogP contribution in [0.25, 0.3) is 0 Å². The summed E-state index contributed by atoms with van der Waals surface area (Å²) in [5.41, 5.74) is 0. The molecule has 86 valence electrons. The van der Waals surface area contributed by atoms with Crippen LogP contribution in [-0.4, -0.2) is 25.9 Å². The first-order valence-corrected chi connectivity index (χ1v) is 6.21. The highest BCUT2D eigenvalue weighted by Crippen LogP contribution is 2.31. The molecule has 1 aliphatic heterocycles. The fourth-order valence-electron chi connectivity index (χ4n) is 2.76. The van der Waals surface area contributed by atoms with Crippen LogP contribution in [0.15, 0.2) is 12.2 Å². The van der Waals surface area contributed by atoms with Crippen molar-refractivity contribution in [2.45, 2.75) is 50.7 Å². The highest BCUT2D eigenvalue weighted by atomic mass is 16.5. The summed E-state index contributed by atoms with van der Waals surface area (Å²) >= 11 is 0. The predicted octanol–water partition coefficient (Wildman–Crippen LogP) is 2.93. The third-order valence-electron chi connectivity index (χ3n) is 3.58. The molecule has 0 aromatic carbocycles. The molecule has 0 radical (unpaired) electrons. The summed E-state index contributed by atoms with van der Waals surface area (Å²) in [6.07, 6.45) is 13.1. The summed E-state index contributed by atoms with van der Waals surface area (Å²) in [5, 5.41) is 0. The summed E-state index contributed by atoms with van der Waals surface area (Å²) in [5.74, 6) is 0.794. The first kappa shape index (κ1) is 11.2. The minimum Gasteiger partial charge on any atom is -0.382 e. The Morgan fingerprint density at radius 3 is 2.80 bits per heavy atom. The first-order chi connectivity index (χ1) is 7.40. The van der Waals surface area contributed by atoms with Crippen molar-refractivity contribution in [3.05, 3.63) is 12.2 Å². The average Bonchev–Trinajstić information content (AvgIpc) is 2.31. The number of hydrogen-bond donors (Lipinski definition) is 0. The molecule has 1 aliphatic carbocycles. The number of rotatable bonds is 3. The van der Waals surface area contributed by atoms with Crippen LogP contribution in [0.1, 0.15) is 38.5 Å². The van der Waals surface area contributed by atoms with Crippen molar-refractivity contribution in [1.29, 1.82) is 0 Å². The van der Waals surface area contributed by atoms with E-state index in [4.69, 9.17) is 9.47 Å². The zero-order chi connectivity index (χ0) is 10.5. The lowest BCUT2D eigenvalue weighted by Gasteiger charge is -2.34. The van der Waals surface area contributed by atoms with Crippen molar-refractivity contribution in [3.8, 4) is 0 Å². The molecule has 0 amide bonds. The summed E-state index contributed by atoms with van der Waals surface area (Å²) < 4.78 is 11.2. The van der Waals surface area contributed by atoms with Crippen molar-refractivity contribution in [3.63, 3.8) is 0 Å². The Hall–Kier alpha value is -0.340. The van der Waals surface area contributed by atoms with Crippen LogP contribution < -0.4 is 0 Å². The molecule has 2 atom stereocenters. The molecule has 0 bridgehead atoms. The van der Waals surface area contributed by atoms with Crippen LogP contribution >= 0.6 is 0 Å². The van der Waals surface area contributed by atoms with Gasteiger partial charge in [-0.05, 0) is 25.2 Å². The second kappa shape index (κ2) is 5.66. The minimum absolute atomic E-state index is 0.190. The fourth-order valence-corrected chi connectivity index (χ4v) is 2.76. The van der Waals surface area contributed by atoms with Gasteiger partial charge in [-0.3, -0.25) is 0 Å². The standard InChI is InChI=1S/C13H22O2/c1-14-10-12-8-5-9-13(15-12)11-6-3-2-4-7-11/h5,8,11-13H,2-4,6-7,9-10H2,1H3/t12-,13+/m1/s1. The van der Waals surface area contributed by atoms with E-state index in [-0.39, 0.29) is 6.10 Å². The Kier molecular flexibility index (Phi) is 4.21. The van der Waals surface area contributed by atoms with E-state index in [0.29, 0.717) is 12.7 Å². The lowest BCUT2D eigenvalue weighted by Crippen LogP contribution is -2.33. The van der Waals surface area contributed by atoms with Crippen LogP contribution in [0, 0.1) is 5.92 Å². The molecule has 1 heterocycles. The molecule has 2 nitrogen and oxygen atoms in total. The average molecular weight is 210 g/mol. The zero-order valence-corrected chi connectivity index (χ0v) is 9.65. The van der Waals surface area contributed by atoms with Gasteiger partial charge in [0.1, 0.15) is 0 Å². The quantitative estimate of drug-likeness (QED) is 0.667. The van der Waals surface area contributed by atoms with Crippen molar-refractivity contribution in [1.82, 2.24) is 0 Å². The lowest BCUT2D eigenvalue weighted by molar-refractivity contribution is -0.0616. The first-order valence-electron chi connectivity index (χ1n) is 6.21. The minimum atomic E-state index is 0.190. The summed E-state index contributed by atoms with van der Waals surface area (Å²) in [6.45, 7) is 0.694. The fraction of sp³-hybridized carbons (Fsp3) is 0.846. The van der Waals surface area contributed by atoms with Gasteiger partial charge >= 0.3 is 0 Å². The molecule has 2 aliphatic rings. The number of hydrogen-bond acceptors (Lipinski definition) is 2. The molecule has 1 saturated carbocycles. The van der Waals surface area contributed by atoms with Crippen LogP contribution in [0.3, 0.4) is 0 Å². The Labute approximate surface area is 92.6 Å². The van der Waals surface area contributed by atoms with Gasteiger partial charge in [0, 0.05) is 7.11 Å². The van der Waals surface area contributed by atoms with Gasteiger partial charge in [0.25, 0.3) is 0 Å². The Morgan fingerprint density at radius 1 is 1.27 bits per heavy atom. The van der Waals surface area contributed by atoms with Crippen LogP contribution in [0.5, 0.6) is 0 Å². The van der Waals surface area contributed by atoms with E-state index in [1.807, 2.05) is 0 Å². The third-order valence-corrected chi connectivity index (χ3v) is 3.58. The number of methoxy groups -OCH3 is 1. The summed E-state index contributed by atoms with van der Waals surface area (Å²) in [6, 6.07) is 0. The molecule has 0 aromatic rings. The molecule has 0 N–H and O–H groups in total. The van der Waals surface area contributed by atoms with E-state index in [0.717, 1.165) is 12.3 Å². The number of ether oxygens (including phenoxy) is 2. The lowest BCUT2D eigenvalue weighted by atomic mass is 9.83. The van der Waals surface area contributed by atoms with Crippen molar-refractivity contribution in [2.24, 2.45) is 5.92 Å². The van der Waals surface area contributed by atoms with Gasteiger partial charge in [0.05, 0.1) is 18.8 Å². The van der Waals surface area contributed by atoms with Gasteiger partial charge < -0.3 is 9.47 Å². The molecule has 1 fully saturated rings. The van der Waals surface area contributed by atoms with E-state index in [1.54, 1.807) is 7.11 Å². The zero-order valence-electron chi connectivity index (χ0n) is 9.65. The van der Waals surface area contributed by atoms with Gasteiger partial charge in [-0.15, -0.1) is 0 Å². The molecule has 2 heteroatoms. The van der Waals surface area contributed by atoms with Gasteiger partial charge in [0.2, 0.25) is 0 Å². The van der Waals surface area contributed by atoms with E-state index in [1.165, 1.54) is 32.1 Å². The van der Waals surface area contributed by atoms with Crippen LogP contribution in [-0.2, 0) is 9.47 Å². The normalized spacial score (nSPS) is 33.1. The monoisotopic (exact) mass is 210 g/mol. The molecule has 0 aromatic heterocycles. The van der Waals surface area contributed by atoms with Crippen LogP contribution in [0.4, 0.5) is 0 Å². The highest BCUT2D eigenvalue weighted by molar-refractivity contribution is 4.98. The van der Waals surface area contributed by atoms with E-state index in [2.05, 4.69) is 12.2 Å². The van der Waals surface area contributed by atoms with Gasteiger partial charge in [-0.1, -0.05) is 31.4 Å². The van der Waals surface area contributed by atoms with Gasteiger partial charge in [0.15, 0.2) is 0 Å². The SMILES string of the molecule is COC[C@H]1C=CC[C@@H](C2CCCCC2)O1. The summed E-state index contributed by atoms with van der Waals surface area (Å²) in [4.78, 5) is 0. The second-order valence-corrected chi connectivity index (χ2v) is 4.73. The van der Waals surface area contributed by atoms with Gasteiger partial charge in [-0.2, -0.15) is 0 Å². The second-order valence-electron chi connectivity index (χ2n) is 4.73. The van der Waals surface area contributed by atoms with E-state index in [9.17, 15) is 0 Å². The topological polar surface area (TPSA) is 18.5 Å². The van der Waals surface area contributed by atoms with Crippen molar-refractivity contribution < 1.29 is 9.47 Å². The molecule has 0 saturated heterocycles. The summed E-state index contributed by atoms with van der Waals surface area (Å²) in [7, 11) is 1.74. The molecule has 0 unspecified atom stereocenters. The largest absolute Gasteiger partial charge is 0.382 e. The molecular weight excluding hydrogens is 188 g/mol. The maximum Gasteiger partial charge on any atom is 0.0993 e. The Bertz CT molecular complexity index is 207. The maximum atomic E-state index is 6.05. The predicted molar refractivity (Wildman–Crippen MR) is 60.9 cm³/mol. The molecular formula is C13H22O2. The Morgan fingerprint density at radius 2 is 2.07 bits per heavy atom. The third kappa shape index (κ3) is 3.05. The maximum absolute atomic E-state index is 6.05. The molecule has 2 rings (SSSR count). The van der Waals surface area contributed by atoms with Crippen molar-refractivity contribution in [2.75, 3.05) is 13.7 Å².